The highest BCUT2D eigenvalue weighted by atomic mass is 16.5. The van der Waals surface area contributed by atoms with Crippen molar-refractivity contribution in [1.82, 2.24) is 10.2 Å². The highest BCUT2D eigenvalue weighted by Gasteiger charge is 2.35. The van der Waals surface area contributed by atoms with Gasteiger partial charge in [0.1, 0.15) is 11.5 Å². The van der Waals surface area contributed by atoms with Crippen LogP contribution in [0.25, 0.3) is 0 Å². The van der Waals surface area contributed by atoms with Crippen molar-refractivity contribution in [3.8, 4) is 11.5 Å². The number of anilines is 1. The van der Waals surface area contributed by atoms with Crippen molar-refractivity contribution in [2.45, 2.75) is 19.4 Å². The van der Waals surface area contributed by atoms with E-state index in [1.165, 1.54) is 13.2 Å². The highest BCUT2D eigenvalue weighted by Crippen LogP contribution is 2.29. The molecule has 1 aromatic carbocycles. The van der Waals surface area contributed by atoms with Gasteiger partial charge in [-0.2, -0.15) is 0 Å². The van der Waals surface area contributed by atoms with Crippen molar-refractivity contribution in [3.05, 3.63) is 18.2 Å². The van der Waals surface area contributed by atoms with E-state index in [2.05, 4.69) is 15.5 Å². The molecule has 0 aromatic heterocycles. The summed E-state index contributed by atoms with van der Waals surface area (Å²) in [6.45, 7) is 7.21. The number of phenols is 1. The number of rotatable bonds is 4. The summed E-state index contributed by atoms with van der Waals surface area (Å²) in [6.07, 6.45) is 0. The fraction of sp³-hybridized carbons (Fsp3) is 0.533. The summed E-state index contributed by atoms with van der Waals surface area (Å²) in [7, 11) is 1.53. The van der Waals surface area contributed by atoms with Crippen LogP contribution < -0.4 is 15.4 Å². The maximum absolute atomic E-state index is 12.5. The summed E-state index contributed by atoms with van der Waals surface area (Å²) in [6, 6.07) is 4.82. The molecule has 0 saturated carbocycles. The van der Waals surface area contributed by atoms with Gasteiger partial charge in [0.15, 0.2) is 0 Å². The fourth-order valence-corrected chi connectivity index (χ4v) is 2.39. The van der Waals surface area contributed by atoms with Crippen molar-refractivity contribution in [1.29, 1.82) is 0 Å². The van der Waals surface area contributed by atoms with Crippen LogP contribution in [0, 0.1) is 0 Å². The Bertz CT molecular complexity index is 511. The number of carbonyl (C=O) groups is 1. The predicted molar refractivity (Wildman–Crippen MR) is 81.8 cm³/mol. The lowest BCUT2D eigenvalue weighted by Crippen LogP contribution is -2.58. The number of methoxy groups -OCH3 is 1. The van der Waals surface area contributed by atoms with E-state index in [9.17, 15) is 9.90 Å². The molecule has 0 atom stereocenters. The van der Waals surface area contributed by atoms with Crippen molar-refractivity contribution < 1.29 is 14.6 Å². The second kappa shape index (κ2) is 6.32. The van der Waals surface area contributed by atoms with Crippen molar-refractivity contribution >= 4 is 11.6 Å². The summed E-state index contributed by atoms with van der Waals surface area (Å²) in [5.74, 6) is 0.413. The lowest BCUT2D eigenvalue weighted by molar-refractivity contribution is -0.126. The van der Waals surface area contributed by atoms with Gasteiger partial charge >= 0.3 is 0 Å². The Balaban J connectivity index is 2.09. The van der Waals surface area contributed by atoms with E-state index in [4.69, 9.17) is 4.74 Å². The van der Waals surface area contributed by atoms with Crippen LogP contribution in [-0.2, 0) is 4.79 Å². The Labute approximate surface area is 125 Å². The molecule has 1 saturated heterocycles. The van der Waals surface area contributed by atoms with E-state index in [-0.39, 0.29) is 11.7 Å². The Morgan fingerprint density at radius 3 is 2.62 bits per heavy atom. The number of piperazine rings is 1. The van der Waals surface area contributed by atoms with Crippen molar-refractivity contribution in [3.63, 3.8) is 0 Å². The molecule has 0 radical (unpaired) electrons. The van der Waals surface area contributed by atoms with Gasteiger partial charge in [-0.15, -0.1) is 0 Å². The molecular formula is C15H23N3O3. The minimum atomic E-state index is -0.630. The molecule has 1 fully saturated rings. The summed E-state index contributed by atoms with van der Waals surface area (Å²) < 4.78 is 5.03. The number of aromatic hydroxyl groups is 1. The van der Waals surface area contributed by atoms with E-state index in [1.54, 1.807) is 12.1 Å². The molecule has 1 aromatic rings. The van der Waals surface area contributed by atoms with Gasteiger partial charge < -0.3 is 20.5 Å². The van der Waals surface area contributed by atoms with Gasteiger partial charge in [0, 0.05) is 32.2 Å². The Kier molecular flexibility index (Phi) is 4.69. The molecule has 1 aliphatic heterocycles. The van der Waals surface area contributed by atoms with Crippen LogP contribution in [0.3, 0.4) is 0 Å². The van der Waals surface area contributed by atoms with E-state index in [0.717, 1.165) is 26.2 Å². The largest absolute Gasteiger partial charge is 0.506 e. The Morgan fingerprint density at radius 2 is 2.05 bits per heavy atom. The molecular weight excluding hydrogens is 270 g/mol. The molecule has 0 bridgehead atoms. The number of benzene rings is 1. The van der Waals surface area contributed by atoms with Gasteiger partial charge in [-0.1, -0.05) is 0 Å². The van der Waals surface area contributed by atoms with E-state index < -0.39 is 5.54 Å². The number of phenolic OH excluding ortho intramolecular Hbond substituents is 1. The summed E-state index contributed by atoms with van der Waals surface area (Å²) >= 11 is 0. The quantitative estimate of drug-likeness (QED) is 0.723. The Hall–Kier alpha value is -1.79. The first-order valence-electron chi connectivity index (χ1n) is 7.09. The van der Waals surface area contributed by atoms with Gasteiger partial charge in [-0.25, -0.2) is 0 Å². The normalized spacial score (nSPS) is 16.5. The molecule has 21 heavy (non-hydrogen) atoms. The molecule has 6 heteroatoms. The molecule has 1 aliphatic rings. The zero-order valence-corrected chi connectivity index (χ0v) is 12.8. The highest BCUT2D eigenvalue weighted by molar-refractivity contribution is 5.98. The maximum Gasteiger partial charge on any atom is 0.244 e. The predicted octanol–water partition coefficient (Wildman–Crippen LogP) is 1.02. The lowest BCUT2D eigenvalue weighted by atomic mass is 10.00. The Morgan fingerprint density at radius 1 is 1.38 bits per heavy atom. The number of carbonyl (C=O) groups excluding carboxylic acids is 1. The van der Waals surface area contributed by atoms with E-state index >= 15 is 0 Å². The van der Waals surface area contributed by atoms with Gasteiger partial charge in [0.05, 0.1) is 18.3 Å². The SMILES string of the molecule is COc1ccc(NC(=O)C(C)(C)N2CCNCC2)c(O)c1. The van der Waals surface area contributed by atoms with Crippen LogP contribution in [0.5, 0.6) is 11.5 Å². The molecule has 0 unspecified atom stereocenters. The molecule has 1 heterocycles. The van der Waals surface area contributed by atoms with Gasteiger partial charge in [0.2, 0.25) is 5.91 Å². The third-order valence-corrected chi connectivity index (χ3v) is 3.92. The third-order valence-electron chi connectivity index (χ3n) is 3.92. The van der Waals surface area contributed by atoms with Crippen LogP contribution in [0.1, 0.15) is 13.8 Å². The molecule has 2 rings (SSSR count). The zero-order chi connectivity index (χ0) is 15.5. The van der Waals surface area contributed by atoms with Crippen LogP contribution >= 0.6 is 0 Å². The van der Waals surface area contributed by atoms with Gasteiger partial charge in [-0.3, -0.25) is 9.69 Å². The first kappa shape index (κ1) is 15.6. The minimum Gasteiger partial charge on any atom is -0.506 e. The standard InChI is InChI=1S/C15H23N3O3/c1-15(2,18-8-6-16-7-9-18)14(20)17-12-5-4-11(21-3)10-13(12)19/h4-5,10,16,19H,6-9H2,1-3H3,(H,17,20). The number of hydrogen-bond acceptors (Lipinski definition) is 5. The molecule has 0 spiro atoms. The van der Waals surface area contributed by atoms with Crippen LogP contribution in [0.2, 0.25) is 0 Å². The van der Waals surface area contributed by atoms with Crippen molar-refractivity contribution in [2.75, 3.05) is 38.6 Å². The lowest BCUT2D eigenvalue weighted by Gasteiger charge is -2.39. The molecule has 3 N–H and O–H groups in total. The minimum absolute atomic E-state index is 0.00110. The average molecular weight is 293 g/mol. The number of nitrogens with one attached hydrogen (secondary N) is 2. The maximum atomic E-state index is 12.5. The average Bonchev–Trinajstić information content (AvgIpc) is 2.50. The molecule has 0 aliphatic carbocycles. The third kappa shape index (κ3) is 3.46. The van der Waals surface area contributed by atoms with Gasteiger partial charge in [-0.05, 0) is 26.0 Å². The first-order valence-corrected chi connectivity index (χ1v) is 7.09. The smallest absolute Gasteiger partial charge is 0.244 e. The second-order valence-electron chi connectivity index (χ2n) is 5.63. The van der Waals surface area contributed by atoms with Crippen molar-refractivity contribution in [2.24, 2.45) is 0 Å². The number of amides is 1. The van der Waals surface area contributed by atoms with E-state index in [0.29, 0.717) is 11.4 Å². The van der Waals surface area contributed by atoms with Crippen LogP contribution in [0.15, 0.2) is 18.2 Å². The topological polar surface area (TPSA) is 73.8 Å². The van der Waals surface area contributed by atoms with Gasteiger partial charge in [0.25, 0.3) is 0 Å². The van der Waals surface area contributed by atoms with Crippen LogP contribution in [0.4, 0.5) is 5.69 Å². The molecule has 6 nitrogen and oxygen atoms in total. The summed E-state index contributed by atoms with van der Waals surface area (Å²) in [4.78, 5) is 14.7. The number of hydrogen-bond donors (Lipinski definition) is 3. The van der Waals surface area contributed by atoms with E-state index in [1.807, 2.05) is 13.8 Å². The molecule has 116 valence electrons. The van der Waals surface area contributed by atoms with Crippen LogP contribution in [-0.4, -0.2) is 54.7 Å². The fourth-order valence-electron chi connectivity index (χ4n) is 2.39. The monoisotopic (exact) mass is 293 g/mol. The number of ether oxygens (including phenoxy) is 1. The summed E-state index contributed by atoms with van der Waals surface area (Å²) in [5, 5.41) is 16.0. The first-order chi connectivity index (χ1) is 9.95. The second-order valence-corrected chi connectivity index (χ2v) is 5.63. The number of nitrogens with zero attached hydrogens (tertiary/aromatic N) is 1. The summed E-state index contributed by atoms with van der Waals surface area (Å²) in [5.41, 5.74) is -0.238. The zero-order valence-electron chi connectivity index (χ0n) is 12.8. The molecule has 1 amide bonds.